The van der Waals surface area contributed by atoms with Gasteiger partial charge in [-0.3, -0.25) is 14.9 Å². The number of benzene rings is 1. The maximum Gasteiger partial charge on any atom is 0.296 e. The third-order valence-electron chi connectivity index (χ3n) is 3.23. The lowest BCUT2D eigenvalue weighted by Crippen LogP contribution is -2.59. The predicted octanol–water partition coefficient (Wildman–Crippen LogP) is 0.920. The molecule has 8 nitrogen and oxygen atoms in total. The first kappa shape index (κ1) is 15.2. The molecule has 0 aliphatic carbocycles. The van der Waals surface area contributed by atoms with E-state index in [1.807, 2.05) is 6.92 Å². The van der Waals surface area contributed by atoms with Crippen molar-refractivity contribution in [2.24, 2.45) is 0 Å². The standard InChI is InChI=1S/C13H17N3O5/c1-13(7-14-8-13)21-6-12(17)15-10-4-3-9(20-2)5-11(10)16(18)19/h3-5,14H,6-8H2,1-2H3,(H,15,17). The summed E-state index contributed by atoms with van der Waals surface area (Å²) >= 11 is 0. The molecule has 0 atom stereocenters. The number of anilines is 1. The molecule has 0 spiro atoms. The van der Waals surface area contributed by atoms with E-state index >= 15 is 0 Å². The van der Waals surface area contributed by atoms with Gasteiger partial charge in [-0.1, -0.05) is 0 Å². The van der Waals surface area contributed by atoms with Crippen molar-refractivity contribution < 1.29 is 19.2 Å². The second kappa shape index (κ2) is 6.06. The average Bonchev–Trinajstić information content (AvgIpc) is 2.43. The fraction of sp³-hybridized carbons (Fsp3) is 0.462. The highest BCUT2D eigenvalue weighted by Gasteiger charge is 2.33. The molecule has 1 aliphatic rings. The topological polar surface area (TPSA) is 103 Å². The van der Waals surface area contributed by atoms with Gasteiger partial charge in [0, 0.05) is 13.1 Å². The number of nitrogens with one attached hydrogen (secondary N) is 2. The Balaban J connectivity index is 2.01. The van der Waals surface area contributed by atoms with Crippen LogP contribution in [0.5, 0.6) is 5.75 Å². The molecule has 1 amide bonds. The van der Waals surface area contributed by atoms with Crippen LogP contribution in [0.1, 0.15) is 6.92 Å². The lowest BCUT2D eigenvalue weighted by atomic mass is 10.0. The Bertz CT molecular complexity index is 557. The van der Waals surface area contributed by atoms with Gasteiger partial charge in [-0.15, -0.1) is 0 Å². The van der Waals surface area contributed by atoms with E-state index in [9.17, 15) is 14.9 Å². The van der Waals surface area contributed by atoms with Crippen molar-refractivity contribution in [2.75, 3.05) is 32.1 Å². The van der Waals surface area contributed by atoms with Crippen LogP contribution in [0.2, 0.25) is 0 Å². The molecule has 1 heterocycles. The Morgan fingerprint density at radius 3 is 2.76 bits per heavy atom. The number of rotatable bonds is 6. The van der Waals surface area contributed by atoms with Gasteiger partial charge in [0.2, 0.25) is 0 Å². The first-order valence-corrected chi connectivity index (χ1v) is 6.40. The van der Waals surface area contributed by atoms with Crippen LogP contribution in [0, 0.1) is 10.1 Å². The van der Waals surface area contributed by atoms with E-state index in [0.717, 1.165) is 0 Å². The van der Waals surface area contributed by atoms with E-state index in [1.54, 1.807) is 6.07 Å². The SMILES string of the molecule is COc1ccc(NC(=O)COC2(C)CNC2)c([N+](=O)[O-])c1. The molecule has 0 aromatic heterocycles. The van der Waals surface area contributed by atoms with Crippen LogP contribution >= 0.6 is 0 Å². The number of carbonyl (C=O) groups excluding carboxylic acids is 1. The molecule has 2 N–H and O–H groups in total. The van der Waals surface area contributed by atoms with Crippen molar-refractivity contribution in [3.63, 3.8) is 0 Å². The number of methoxy groups -OCH3 is 1. The van der Waals surface area contributed by atoms with Crippen molar-refractivity contribution >= 4 is 17.3 Å². The normalized spacial score (nSPS) is 15.9. The summed E-state index contributed by atoms with van der Waals surface area (Å²) in [6.45, 7) is 3.11. The molecule has 1 aromatic carbocycles. The van der Waals surface area contributed by atoms with E-state index in [0.29, 0.717) is 18.8 Å². The number of hydrogen-bond donors (Lipinski definition) is 2. The number of ether oxygens (including phenoxy) is 2. The van der Waals surface area contributed by atoms with Crippen LogP contribution in [0.25, 0.3) is 0 Å². The van der Waals surface area contributed by atoms with Gasteiger partial charge in [-0.25, -0.2) is 0 Å². The summed E-state index contributed by atoms with van der Waals surface area (Å²) in [5.74, 6) is -0.0830. The van der Waals surface area contributed by atoms with Gasteiger partial charge >= 0.3 is 0 Å². The van der Waals surface area contributed by atoms with Gasteiger partial charge in [0.15, 0.2) is 0 Å². The Hall–Kier alpha value is -2.19. The summed E-state index contributed by atoms with van der Waals surface area (Å²) in [7, 11) is 1.42. The number of nitrogens with zero attached hydrogens (tertiary/aromatic N) is 1. The highest BCUT2D eigenvalue weighted by atomic mass is 16.6. The molecule has 21 heavy (non-hydrogen) atoms. The second-order valence-corrected chi connectivity index (χ2v) is 5.03. The second-order valence-electron chi connectivity index (χ2n) is 5.03. The maximum atomic E-state index is 11.8. The lowest BCUT2D eigenvalue weighted by Gasteiger charge is -2.38. The minimum Gasteiger partial charge on any atom is -0.496 e. The third kappa shape index (κ3) is 3.67. The van der Waals surface area contributed by atoms with Crippen molar-refractivity contribution in [3.05, 3.63) is 28.3 Å². The number of nitro groups is 1. The smallest absolute Gasteiger partial charge is 0.296 e. The molecule has 1 saturated heterocycles. The maximum absolute atomic E-state index is 11.8. The van der Waals surface area contributed by atoms with Crippen molar-refractivity contribution in [1.29, 1.82) is 0 Å². The zero-order valence-electron chi connectivity index (χ0n) is 11.8. The molecule has 114 valence electrons. The third-order valence-corrected chi connectivity index (χ3v) is 3.23. The molecule has 1 fully saturated rings. The van der Waals surface area contributed by atoms with Gasteiger partial charge in [-0.05, 0) is 19.1 Å². The van der Waals surface area contributed by atoms with Crippen LogP contribution in [-0.4, -0.2) is 43.2 Å². The van der Waals surface area contributed by atoms with Crippen LogP contribution in [-0.2, 0) is 9.53 Å². The van der Waals surface area contributed by atoms with Crippen LogP contribution in [0.3, 0.4) is 0 Å². The molecule has 0 radical (unpaired) electrons. The van der Waals surface area contributed by atoms with Crippen molar-refractivity contribution in [1.82, 2.24) is 5.32 Å². The summed E-state index contributed by atoms with van der Waals surface area (Å²) in [6.07, 6.45) is 0. The minimum atomic E-state index is -0.573. The fourth-order valence-corrected chi connectivity index (χ4v) is 1.90. The van der Waals surface area contributed by atoms with Crippen molar-refractivity contribution in [3.8, 4) is 5.75 Å². The zero-order valence-corrected chi connectivity index (χ0v) is 11.8. The highest BCUT2D eigenvalue weighted by Crippen LogP contribution is 2.29. The fourth-order valence-electron chi connectivity index (χ4n) is 1.90. The number of nitro benzene ring substituents is 1. The van der Waals surface area contributed by atoms with Gasteiger partial charge in [0.25, 0.3) is 11.6 Å². The van der Waals surface area contributed by atoms with Crippen LogP contribution in [0.15, 0.2) is 18.2 Å². The van der Waals surface area contributed by atoms with Gasteiger partial charge < -0.3 is 20.1 Å². The Labute approximate surface area is 121 Å². The summed E-state index contributed by atoms with van der Waals surface area (Å²) in [6, 6.07) is 4.23. The molecule has 0 saturated carbocycles. The largest absolute Gasteiger partial charge is 0.496 e. The van der Waals surface area contributed by atoms with Crippen molar-refractivity contribution in [2.45, 2.75) is 12.5 Å². The average molecular weight is 295 g/mol. The minimum absolute atomic E-state index is 0.117. The summed E-state index contributed by atoms with van der Waals surface area (Å²) < 4.78 is 10.4. The van der Waals surface area contributed by atoms with Gasteiger partial charge in [0.05, 0.1) is 23.7 Å². The molecule has 8 heteroatoms. The molecular weight excluding hydrogens is 278 g/mol. The first-order chi connectivity index (χ1) is 9.93. The Kier molecular flexibility index (Phi) is 4.39. The quantitative estimate of drug-likeness (QED) is 0.597. The predicted molar refractivity (Wildman–Crippen MR) is 75.5 cm³/mol. The molecule has 0 unspecified atom stereocenters. The summed E-state index contributed by atoms with van der Waals surface area (Å²) in [5, 5.41) is 16.5. The van der Waals surface area contributed by atoms with Gasteiger partial charge in [0.1, 0.15) is 18.0 Å². The molecule has 1 aliphatic heterocycles. The molecular formula is C13H17N3O5. The first-order valence-electron chi connectivity index (χ1n) is 6.40. The van der Waals surface area contributed by atoms with E-state index in [1.165, 1.54) is 19.2 Å². The lowest BCUT2D eigenvalue weighted by molar-refractivity contribution is -0.384. The van der Waals surface area contributed by atoms with E-state index < -0.39 is 10.8 Å². The number of hydrogen-bond acceptors (Lipinski definition) is 6. The Morgan fingerprint density at radius 1 is 1.52 bits per heavy atom. The monoisotopic (exact) mass is 295 g/mol. The van der Waals surface area contributed by atoms with E-state index in [4.69, 9.17) is 9.47 Å². The van der Waals surface area contributed by atoms with E-state index in [-0.39, 0.29) is 23.6 Å². The molecule has 0 bridgehead atoms. The van der Waals surface area contributed by atoms with Crippen LogP contribution in [0.4, 0.5) is 11.4 Å². The number of carbonyl (C=O) groups is 1. The van der Waals surface area contributed by atoms with Gasteiger partial charge in [-0.2, -0.15) is 0 Å². The molecule has 1 aromatic rings. The highest BCUT2D eigenvalue weighted by molar-refractivity contribution is 5.94. The number of amides is 1. The summed E-state index contributed by atoms with van der Waals surface area (Å²) in [4.78, 5) is 22.2. The van der Waals surface area contributed by atoms with Crippen LogP contribution < -0.4 is 15.4 Å². The molecule has 2 rings (SSSR count). The zero-order chi connectivity index (χ0) is 15.5. The summed E-state index contributed by atoms with van der Waals surface area (Å²) in [5.41, 5.74) is -0.450. The van der Waals surface area contributed by atoms with E-state index in [2.05, 4.69) is 10.6 Å². The Morgan fingerprint density at radius 2 is 2.24 bits per heavy atom.